The molecule has 31 heteroatoms. The third-order valence-corrected chi connectivity index (χ3v) is 20.0. The number of aromatic nitrogens is 4. The Morgan fingerprint density at radius 2 is 1.09 bits per heavy atom. The van der Waals surface area contributed by atoms with Gasteiger partial charge in [-0.2, -0.15) is 114 Å². The van der Waals surface area contributed by atoms with Crippen LogP contribution in [0.15, 0.2) is 190 Å². The maximum Gasteiger partial charge on any atom is 0.342 e. The number of ether oxygens (including phenoxy) is 3. The van der Waals surface area contributed by atoms with Crippen LogP contribution in [0.1, 0.15) is 115 Å². The number of pyridine rings is 4. The number of hydrogen-bond donors (Lipinski definition) is 3. The molecule has 0 aliphatic carbocycles. The van der Waals surface area contributed by atoms with Crippen molar-refractivity contribution in [3.63, 3.8) is 0 Å². The van der Waals surface area contributed by atoms with Gasteiger partial charge in [0.2, 0.25) is 0 Å². The van der Waals surface area contributed by atoms with E-state index in [4.69, 9.17) is 25.8 Å². The maximum absolute atomic E-state index is 14.1. The Kier molecular flexibility index (Phi) is 40.1. The normalized spacial score (nSPS) is 13.9. The summed E-state index contributed by atoms with van der Waals surface area (Å²) in [6.45, 7) is 24.0. The fraction of sp³-hybridized carbons (Fsp3) is 0.212. The van der Waals surface area contributed by atoms with E-state index < -0.39 is 63.5 Å². The molecule has 0 spiro atoms. The molecule has 10 aromatic rings. The maximum atomic E-state index is 14.1. The molecule has 111 heavy (non-hydrogen) atoms. The van der Waals surface area contributed by atoms with E-state index in [9.17, 15) is 61.7 Å². The van der Waals surface area contributed by atoms with Gasteiger partial charge in [-0.15, -0.1) is 25.3 Å². The number of fused-ring (bicyclic) bond motifs is 1. The van der Waals surface area contributed by atoms with Gasteiger partial charge >= 0.3 is 17.9 Å². The first-order valence-corrected chi connectivity index (χ1v) is 35.8. The van der Waals surface area contributed by atoms with Gasteiger partial charge < -0.3 is 67.2 Å². The van der Waals surface area contributed by atoms with Crippen molar-refractivity contribution < 1.29 is 220 Å². The SMILES string of the molecule is C=CC(C)N=CC(C(=O)OCC)=C(O)c1c[c-]cc(F)c1F.C=CC(C)n1cc(C(=O)OCC)c(=O)c2c[c-]cc(F)c21.CC1=CSc2c[c-]cc3c(=O)c(C(=O)NCc4ccc(Cl)cc4)cn1c23.CC1=CSc2c[c-]cc3c(=O)c(C)cn1c23.CCOC(=O)c1cn2c3c(c[c-]cc3c1=O)SC(O)C2C.[Y].[Y].[Y].[Y].[Y]. The molecule has 1 amide bonds. The third kappa shape index (κ3) is 22.9. The number of esters is 3. The first kappa shape index (κ1) is 98.2. The van der Waals surface area contributed by atoms with Crippen LogP contribution in [-0.4, -0.2) is 89.8 Å². The van der Waals surface area contributed by atoms with E-state index in [2.05, 4.69) is 70.7 Å². The van der Waals surface area contributed by atoms with Crippen LogP contribution >= 0.6 is 46.9 Å². The van der Waals surface area contributed by atoms with E-state index in [1.54, 1.807) is 111 Å². The average Bonchev–Trinajstić information content (AvgIpc) is 1.09. The first-order valence-electron chi connectivity index (χ1n) is 32.8. The number of thioether (sulfide) groups is 3. The number of rotatable bonds is 15. The summed E-state index contributed by atoms with van der Waals surface area (Å²) in [5, 5.41) is 29.5. The van der Waals surface area contributed by atoms with Gasteiger partial charge in [-0.25, -0.2) is 18.8 Å². The van der Waals surface area contributed by atoms with Crippen LogP contribution in [0.3, 0.4) is 0 Å². The van der Waals surface area contributed by atoms with Crippen LogP contribution < -0.4 is 27.0 Å². The molecule has 3 N–H and O–H groups in total. The quantitative estimate of drug-likeness (QED) is 0.0164. The monoisotopic (exact) mass is 1950 g/mol. The van der Waals surface area contributed by atoms with Gasteiger partial charge in [0.15, 0.2) is 0 Å². The molecule has 0 saturated carbocycles. The molecule has 5 radical (unpaired) electrons. The Hall–Kier alpha value is -5.18. The van der Waals surface area contributed by atoms with Crippen molar-refractivity contribution in [3.05, 3.63) is 278 Å². The van der Waals surface area contributed by atoms with E-state index in [0.717, 1.165) is 83.6 Å². The van der Waals surface area contributed by atoms with Gasteiger partial charge in [-0.1, -0.05) is 77.7 Å². The number of amides is 1. The number of aryl methyl sites for hydroxylation is 1. The number of hydrogen-bond acceptors (Lipinski definition) is 17. The molecule has 6 aromatic carbocycles. The number of carbonyl (C=O) groups is 4. The van der Waals surface area contributed by atoms with Crippen molar-refractivity contribution in [2.24, 2.45) is 4.99 Å². The summed E-state index contributed by atoms with van der Waals surface area (Å²) in [5.41, 5.74) is 3.86. The summed E-state index contributed by atoms with van der Waals surface area (Å²) >= 11 is 10.4. The minimum Gasteiger partial charge on any atom is -0.519 e. The molecule has 0 saturated heterocycles. The second-order valence-corrected chi connectivity index (χ2v) is 27.0. The van der Waals surface area contributed by atoms with E-state index >= 15 is 0 Å². The van der Waals surface area contributed by atoms with E-state index in [1.807, 2.05) is 61.2 Å². The second kappa shape index (κ2) is 45.4. The molecule has 7 heterocycles. The van der Waals surface area contributed by atoms with Crippen molar-refractivity contribution in [1.82, 2.24) is 23.6 Å². The molecule has 19 nitrogen and oxygen atoms in total. The number of aliphatic imine (C=N–C) groups is 1. The molecular formula is C80H69ClF3N6O13S3Y5-5. The van der Waals surface area contributed by atoms with Crippen LogP contribution in [0.25, 0.3) is 60.8 Å². The van der Waals surface area contributed by atoms with E-state index in [1.165, 1.54) is 40.9 Å². The van der Waals surface area contributed by atoms with Crippen molar-refractivity contribution in [3.8, 4) is 0 Å². The number of allylic oxidation sites excluding steroid dienone is 3. The fourth-order valence-electron chi connectivity index (χ4n) is 10.9. The number of carbonyl (C=O) groups excluding carboxylic acids is 4. The first-order chi connectivity index (χ1) is 50.7. The molecule has 0 fully saturated rings. The molecule has 3 aliphatic heterocycles. The third-order valence-electron chi connectivity index (χ3n) is 16.5. The molecule has 4 unspecified atom stereocenters. The van der Waals surface area contributed by atoms with Crippen molar-refractivity contribution in [1.29, 1.82) is 0 Å². The summed E-state index contributed by atoms with van der Waals surface area (Å²) in [7, 11) is 0. The zero-order valence-corrected chi connectivity index (χ0v) is 79.0. The Bertz CT molecular complexity index is 5560. The largest absolute Gasteiger partial charge is 0.519 e. The Morgan fingerprint density at radius 1 is 0.613 bits per heavy atom. The predicted molar refractivity (Wildman–Crippen MR) is 410 cm³/mol. The van der Waals surface area contributed by atoms with Crippen LogP contribution in [0.4, 0.5) is 13.2 Å². The molecule has 4 atom stereocenters. The number of benzene rings is 6. The standard InChI is InChI=1S/C20H14ClN2O2S.C16H16F2NO3.C16H15FNO3.C15H14NO4S.C13H10NOS.5Y/c1-12-11-26-17-4-2-3-15-18(17)23(12)10-16(19(15)24)20(25)22-9-13-5-7-14(21)8-6-13;1-4-10(3)19-9-12(16(21)22-5-2)15(20)11-7-6-8-13(17)14(11)18;1-4-10(3)18-9-12(16(20)21-5-2)15(19)11-7-6-8-13(17)14(11)18;1-3-20-14(18)10-7-16-8(2)15(19)21-11-6-4-5-9(12(11)16)13(10)17;1-8-6-14-9(2)7-16-11-5-3-4-10(12(11)14)13(8)15;;;;;/h3-8,10-11H,9H2,1H3,(H,22,25);4,7-10,20H,1,5H2,2-3H3;4,7-10H,1,5H2,2-3H3;5-8,15,19H,3H2,1-2H3;4-7H,1-2H3;;;;;/q5*-1;;;;;. The number of aliphatic hydroxyl groups excluding tert-OH is 2. The van der Waals surface area contributed by atoms with E-state index in [-0.39, 0.29) is 251 Å². The second-order valence-electron chi connectivity index (χ2n) is 23.6. The Balaban J connectivity index is 0.000000291. The molecule has 4 aromatic heterocycles. The van der Waals surface area contributed by atoms with Gasteiger partial charge in [0.05, 0.1) is 49.0 Å². The van der Waals surface area contributed by atoms with Crippen LogP contribution in [0, 0.1) is 54.7 Å². The van der Waals surface area contributed by atoms with Crippen LogP contribution in [0.2, 0.25) is 5.02 Å². The Labute approximate surface area is 781 Å². The average molecular weight is 1960 g/mol. The summed E-state index contributed by atoms with van der Waals surface area (Å²) in [5.74, 6) is -6.49. The zero-order valence-electron chi connectivity index (χ0n) is 61.6. The predicted octanol–water partition coefficient (Wildman–Crippen LogP) is 15.4. The molecule has 13 rings (SSSR count). The fourth-order valence-corrected chi connectivity index (χ4v) is 13.8. The van der Waals surface area contributed by atoms with Gasteiger partial charge in [-0.3, -0.25) is 18.6 Å². The van der Waals surface area contributed by atoms with Crippen molar-refractivity contribution >= 4 is 138 Å². The van der Waals surface area contributed by atoms with Gasteiger partial charge in [-0.05, 0) is 113 Å². The number of aliphatic hydroxyl groups is 2. The molecule has 3 aliphatic rings. The van der Waals surface area contributed by atoms with Crippen molar-refractivity contribution in [2.75, 3.05) is 19.8 Å². The summed E-state index contributed by atoms with van der Waals surface area (Å²) < 4.78 is 62.9. The summed E-state index contributed by atoms with van der Waals surface area (Å²) in [6.07, 6.45) is 10.5. The number of nitrogens with zero attached hydrogens (tertiary/aromatic N) is 5. The number of halogens is 4. The topological polar surface area (TPSA) is 249 Å². The molecular weight excluding hydrogens is 1890 g/mol. The van der Waals surface area contributed by atoms with Gasteiger partial charge in [0.25, 0.3) is 5.91 Å². The molecule has 0 bridgehead atoms. The van der Waals surface area contributed by atoms with Gasteiger partial charge in [0, 0.05) is 241 Å². The van der Waals surface area contributed by atoms with Crippen LogP contribution in [-0.2, 0) is 189 Å². The van der Waals surface area contributed by atoms with Gasteiger partial charge in [0.1, 0.15) is 43.9 Å². The number of nitrogens with one attached hydrogen (secondary N) is 1. The molecule has 563 valence electrons. The van der Waals surface area contributed by atoms with E-state index in [0.29, 0.717) is 22.3 Å². The smallest absolute Gasteiger partial charge is 0.342 e. The van der Waals surface area contributed by atoms with Crippen molar-refractivity contribution in [2.45, 2.75) is 107 Å². The zero-order chi connectivity index (χ0) is 77.0. The summed E-state index contributed by atoms with van der Waals surface area (Å²) in [6, 6.07) is 35.0. The van der Waals surface area contributed by atoms with Crippen LogP contribution in [0.5, 0.6) is 0 Å². The minimum atomic E-state index is -1.29. The Morgan fingerprint density at radius 3 is 1.63 bits per heavy atom. The minimum absolute atomic E-state index is 0. The summed E-state index contributed by atoms with van der Waals surface area (Å²) in [4.78, 5) is 105.